The van der Waals surface area contributed by atoms with Gasteiger partial charge in [0.1, 0.15) is 5.60 Å². The molecule has 1 aromatic carbocycles. The lowest BCUT2D eigenvalue weighted by atomic mass is 9.32. The molecule has 4 nitrogen and oxygen atoms in total. The molecule has 0 aromatic heterocycles. The first-order valence-electron chi connectivity index (χ1n) is 18.4. The molecule has 0 saturated heterocycles. The van der Waals surface area contributed by atoms with E-state index in [0.717, 1.165) is 25.7 Å². The van der Waals surface area contributed by atoms with E-state index in [4.69, 9.17) is 4.74 Å². The van der Waals surface area contributed by atoms with Crippen LogP contribution in [-0.4, -0.2) is 22.6 Å². The van der Waals surface area contributed by atoms with E-state index in [0.29, 0.717) is 35.2 Å². The molecule has 6 rings (SSSR count). The monoisotopic (exact) mass is 640 g/mol. The van der Waals surface area contributed by atoms with E-state index < -0.39 is 11.6 Å². The summed E-state index contributed by atoms with van der Waals surface area (Å²) in [4.78, 5) is 24.4. The van der Waals surface area contributed by atoms with Gasteiger partial charge in [0.15, 0.2) is 0 Å². The van der Waals surface area contributed by atoms with Crippen LogP contribution in [0.4, 0.5) is 0 Å². The first-order chi connectivity index (χ1) is 21.8. The average molecular weight is 641 g/mol. The second-order valence-corrected chi connectivity index (χ2v) is 18.7. The average Bonchev–Trinajstić information content (AvgIpc) is 3.36. The highest BCUT2D eigenvalue weighted by Gasteiger charge is 2.70. The molecule has 4 saturated carbocycles. The molecule has 5 aliphatic carbocycles. The van der Waals surface area contributed by atoms with Crippen molar-refractivity contribution in [3.05, 3.63) is 65.8 Å². The van der Waals surface area contributed by atoms with Gasteiger partial charge in [0.05, 0.1) is 5.56 Å². The van der Waals surface area contributed by atoms with E-state index in [1.165, 1.54) is 54.9 Å². The summed E-state index contributed by atoms with van der Waals surface area (Å²) >= 11 is 0. The Bertz CT molecular complexity index is 1500. The standard InChI is InChI=1S/C43H60O4/c1-27(2)30-17-23-43(24-20-35(44)45)26-25-41(9)32(36(30)43)15-16-34-40(8)21-18-31(39(6,7)33(40)19-22-42(34,41)10)28-11-13-29(14-12-28)37(46)47-38(3,4)5/h11-14,18,20,24,30,32-34,36H,1,15-17,19,21-23,25-26H2,2-10H3,(H,44,45)/b24-20+/t30-,32+,33-,34+,36+,40-,41+,42+,43-/m0/s1. The Morgan fingerprint density at radius 3 is 2.19 bits per heavy atom. The molecule has 0 amide bonds. The van der Waals surface area contributed by atoms with E-state index >= 15 is 0 Å². The molecule has 0 bridgehead atoms. The fraction of sp³-hybridized carbons (Fsp3) is 0.674. The van der Waals surface area contributed by atoms with Crippen LogP contribution in [0.25, 0.3) is 5.57 Å². The summed E-state index contributed by atoms with van der Waals surface area (Å²) in [6.07, 6.45) is 16.7. The maximum atomic E-state index is 12.7. The molecule has 5 aliphatic rings. The van der Waals surface area contributed by atoms with Gasteiger partial charge in [0.2, 0.25) is 0 Å². The summed E-state index contributed by atoms with van der Waals surface area (Å²) in [5.74, 6) is 1.68. The number of allylic oxidation sites excluding steroid dienone is 4. The molecule has 47 heavy (non-hydrogen) atoms. The topological polar surface area (TPSA) is 63.6 Å². The smallest absolute Gasteiger partial charge is 0.338 e. The van der Waals surface area contributed by atoms with Crippen LogP contribution in [0.5, 0.6) is 0 Å². The predicted octanol–water partition coefficient (Wildman–Crippen LogP) is 10.9. The number of aliphatic carboxylic acids is 1. The summed E-state index contributed by atoms with van der Waals surface area (Å²) in [5, 5.41) is 9.63. The van der Waals surface area contributed by atoms with Gasteiger partial charge in [-0.25, -0.2) is 9.59 Å². The van der Waals surface area contributed by atoms with E-state index in [1.54, 1.807) is 0 Å². The molecule has 0 aliphatic heterocycles. The Hall–Kier alpha value is -2.62. The molecular formula is C43H60O4. The number of esters is 1. The Morgan fingerprint density at radius 1 is 0.894 bits per heavy atom. The molecule has 256 valence electrons. The molecular weight excluding hydrogens is 580 g/mol. The number of carbonyl (C=O) groups is 2. The zero-order chi connectivity index (χ0) is 34.4. The highest BCUT2D eigenvalue weighted by Crippen LogP contribution is 2.77. The number of fused-ring (bicyclic) bond motifs is 7. The number of rotatable bonds is 5. The molecule has 0 spiro atoms. The third kappa shape index (κ3) is 5.21. The second-order valence-electron chi connectivity index (χ2n) is 18.7. The van der Waals surface area contributed by atoms with Crippen molar-refractivity contribution in [2.75, 3.05) is 0 Å². The van der Waals surface area contributed by atoms with E-state index in [2.05, 4.69) is 72.4 Å². The van der Waals surface area contributed by atoms with Crippen molar-refractivity contribution in [1.29, 1.82) is 0 Å². The molecule has 1 aromatic rings. The number of ether oxygens (including phenoxy) is 1. The third-order valence-electron chi connectivity index (χ3n) is 15.1. The Labute approximate surface area is 284 Å². The molecule has 1 N–H and O–H groups in total. The largest absolute Gasteiger partial charge is 0.478 e. The van der Waals surface area contributed by atoms with Crippen molar-refractivity contribution in [1.82, 2.24) is 0 Å². The number of carboxylic acid groups (broad SMARTS) is 1. The van der Waals surface area contributed by atoms with Gasteiger partial charge in [-0.3, -0.25) is 0 Å². The van der Waals surface area contributed by atoms with Crippen molar-refractivity contribution >= 4 is 17.5 Å². The van der Waals surface area contributed by atoms with Gasteiger partial charge >= 0.3 is 11.9 Å². The third-order valence-corrected chi connectivity index (χ3v) is 15.1. The van der Waals surface area contributed by atoms with Crippen LogP contribution in [-0.2, 0) is 9.53 Å². The minimum atomic E-state index is -0.821. The van der Waals surface area contributed by atoms with Crippen LogP contribution in [0.2, 0.25) is 0 Å². The van der Waals surface area contributed by atoms with Crippen LogP contribution >= 0.6 is 0 Å². The highest BCUT2D eigenvalue weighted by atomic mass is 16.6. The van der Waals surface area contributed by atoms with Gasteiger partial charge in [-0.05, 0) is 165 Å². The quantitative estimate of drug-likeness (QED) is 0.198. The number of hydrogen-bond donors (Lipinski definition) is 1. The Balaban J connectivity index is 1.31. The van der Waals surface area contributed by atoms with Crippen molar-refractivity contribution < 1.29 is 19.4 Å². The van der Waals surface area contributed by atoms with Gasteiger partial charge in [0.25, 0.3) is 0 Å². The van der Waals surface area contributed by atoms with Gasteiger partial charge in [-0.15, -0.1) is 0 Å². The van der Waals surface area contributed by atoms with Gasteiger partial charge in [-0.2, -0.15) is 0 Å². The van der Waals surface area contributed by atoms with Crippen LogP contribution in [0.3, 0.4) is 0 Å². The SMILES string of the molecule is C=C(C)[C@@H]1CC[C@]2(/C=C/C(=O)O)CC[C@]3(C)[C@H](CC[C@@H]4[C@@]5(C)CC=C(c6ccc(C(=O)OC(C)(C)C)cc6)C(C)(C)[C@@H]5CC[C@]43C)[C@@H]12. The van der Waals surface area contributed by atoms with Crippen molar-refractivity contribution in [2.24, 2.45) is 56.7 Å². The van der Waals surface area contributed by atoms with Crippen molar-refractivity contribution in [2.45, 2.75) is 126 Å². The lowest BCUT2D eigenvalue weighted by Gasteiger charge is -2.72. The minimum Gasteiger partial charge on any atom is -0.478 e. The fourth-order valence-electron chi connectivity index (χ4n) is 12.9. The fourth-order valence-corrected chi connectivity index (χ4v) is 12.9. The number of carbonyl (C=O) groups excluding carboxylic acids is 1. The summed E-state index contributed by atoms with van der Waals surface area (Å²) in [6, 6.07) is 8.12. The van der Waals surface area contributed by atoms with Crippen LogP contribution in [0.15, 0.2) is 54.6 Å². The van der Waals surface area contributed by atoms with Crippen molar-refractivity contribution in [3.8, 4) is 0 Å². The van der Waals surface area contributed by atoms with Crippen LogP contribution < -0.4 is 0 Å². The van der Waals surface area contributed by atoms with Gasteiger partial charge in [0, 0.05) is 6.08 Å². The number of hydrogen-bond acceptors (Lipinski definition) is 3. The summed E-state index contributed by atoms with van der Waals surface area (Å²) < 4.78 is 5.62. The lowest BCUT2D eigenvalue weighted by molar-refractivity contribution is -0.221. The number of benzene rings is 1. The second kappa shape index (κ2) is 11.2. The Morgan fingerprint density at radius 2 is 1.57 bits per heavy atom. The molecule has 0 radical (unpaired) electrons. The maximum absolute atomic E-state index is 12.7. The minimum absolute atomic E-state index is 0.0133. The molecule has 4 heteroatoms. The first-order valence-corrected chi connectivity index (χ1v) is 18.4. The highest BCUT2D eigenvalue weighted by molar-refractivity contribution is 5.90. The van der Waals surface area contributed by atoms with E-state index in [1.807, 2.05) is 32.9 Å². The van der Waals surface area contributed by atoms with E-state index in [-0.39, 0.29) is 33.0 Å². The lowest BCUT2D eigenvalue weighted by Crippen LogP contribution is -2.65. The van der Waals surface area contributed by atoms with Crippen LogP contribution in [0, 0.1) is 56.7 Å². The summed E-state index contributed by atoms with van der Waals surface area (Å²) in [7, 11) is 0. The zero-order valence-electron chi connectivity index (χ0n) is 30.7. The van der Waals surface area contributed by atoms with Crippen molar-refractivity contribution in [3.63, 3.8) is 0 Å². The Kier molecular flexibility index (Phi) is 8.17. The molecule has 4 fully saturated rings. The van der Waals surface area contributed by atoms with E-state index in [9.17, 15) is 14.7 Å². The summed E-state index contributed by atoms with van der Waals surface area (Å²) in [5.41, 5.74) is 4.69. The number of carboxylic acids is 1. The first kappa shape index (κ1) is 34.3. The zero-order valence-corrected chi connectivity index (χ0v) is 30.7. The van der Waals surface area contributed by atoms with Gasteiger partial charge in [-0.1, -0.05) is 71.1 Å². The normalized spacial score (nSPS) is 40.8. The predicted molar refractivity (Wildman–Crippen MR) is 191 cm³/mol. The summed E-state index contributed by atoms with van der Waals surface area (Å²) in [6.45, 7) is 25.3. The molecule has 0 unspecified atom stereocenters. The molecule has 9 atom stereocenters. The molecule has 0 heterocycles. The maximum Gasteiger partial charge on any atom is 0.338 e. The van der Waals surface area contributed by atoms with Gasteiger partial charge < -0.3 is 9.84 Å². The van der Waals surface area contributed by atoms with Crippen LogP contribution in [0.1, 0.15) is 136 Å².